The Labute approximate surface area is 92.1 Å². The number of Topliss-reactive ketones (excluding diaryl/α,β-unsaturated/α-hetero) is 1. The van der Waals surface area contributed by atoms with Crippen molar-refractivity contribution in [2.24, 2.45) is 0 Å². The predicted octanol–water partition coefficient (Wildman–Crippen LogP) is 2.33. The Balaban J connectivity index is 1.93. The molecule has 15 heavy (non-hydrogen) atoms. The number of ketones is 1. The fraction of sp³-hybridized carbons (Fsp3) is 0.917. The van der Waals surface area contributed by atoms with Crippen LogP contribution >= 0.6 is 0 Å². The van der Waals surface area contributed by atoms with Crippen LogP contribution in [-0.4, -0.2) is 31.7 Å². The van der Waals surface area contributed by atoms with Crippen molar-refractivity contribution in [2.45, 2.75) is 51.6 Å². The molecule has 1 unspecified atom stereocenters. The largest absolute Gasteiger partial charge is 0.381 e. The van der Waals surface area contributed by atoms with Gasteiger partial charge >= 0.3 is 0 Å². The molecule has 1 atom stereocenters. The second-order valence-corrected chi connectivity index (χ2v) is 4.07. The van der Waals surface area contributed by atoms with E-state index in [2.05, 4.69) is 6.92 Å². The molecule has 1 aliphatic heterocycles. The van der Waals surface area contributed by atoms with Gasteiger partial charge in [0.05, 0.1) is 12.7 Å². The highest BCUT2D eigenvalue weighted by molar-refractivity contribution is 5.78. The van der Waals surface area contributed by atoms with Gasteiger partial charge in [-0.2, -0.15) is 0 Å². The van der Waals surface area contributed by atoms with E-state index in [-0.39, 0.29) is 0 Å². The van der Waals surface area contributed by atoms with Gasteiger partial charge in [-0.25, -0.2) is 0 Å². The number of ether oxygens (including phenoxy) is 2. The van der Waals surface area contributed by atoms with Crippen LogP contribution in [0.5, 0.6) is 0 Å². The normalized spacial score (nSPS) is 20.7. The zero-order valence-corrected chi connectivity index (χ0v) is 9.67. The molecule has 88 valence electrons. The first kappa shape index (κ1) is 12.7. The zero-order chi connectivity index (χ0) is 10.9. The van der Waals surface area contributed by atoms with E-state index < -0.39 is 0 Å². The molecule has 0 aliphatic carbocycles. The van der Waals surface area contributed by atoms with Crippen LogP contribution < -0.4 is 0 Å². The quantitative estimate of drug-likeness (QED) is 0.582. The van der Waals surface area contributed by atoms with E-state index in [9.17, 15) is 4.79 Å². The minimum atomic E-state index is 0.307. The van der Waals surface area contributed by atoms with Crippen LogP contribution in [0.1, 0.15) is 45.4 Å². The van der Waals surface area contributed by atoms with E-state index >= 15 is 0 Å². The average Bonchev–Trinajstić information content (AvgIpc) is 2.74. The Hall–Kier alpha value is -0.410. The number of hydrogen-bond acceptors (Lipinski definition) is 3. The number of hydrogen-bond donors (Lipinski definition) is 0. The summed E-state index contributed by atoms with van der Waals surface area (Å²) in [5.74, 6) is 0.307. The molecular formula is C12H22O3. The van der Waals surface area contributed by atoms with Gasteiger partial charge in [-0.1, -0.05) is 6.92 Å². The Bertz CT molecular complexity index is 174. The lowest BCUT2D eigenvalue weighted by atomic mass is 10.1. The van der Waals surface area contributed by atoms with Crippen molar-refractivity contribution in [1.82, 2.24) is 0 Å². The summed E-state index contributed by atoms with van der Waals surface area (Å²) in [4.78, 5) is 11.4. The summed E-state index contributed by atoms with van der Waals surface area (Å²) in [6.45, 7) is 4.29. The topological polar surface area (TPSA) is 35.5 Å². The van der Waals surface area contributed by atoms with Gasteiger partial charge in [-0.05, 0) is 25.7 Å². The molecule has 0 amide bonds. The standard InChI is InChI=1S/C12H22O3/c1-2-8-14-10-7-11(13)5-6-12-4-3-9-15-12/h12H,2-10H2,1H3. The maximum atomic E-state index is 11.4. The lowest BCUT2D eigenvalue weighted by molar-refractivity contribution is -0.120. The van der Waals surface area contributed by atoms with Crippen LogP contribution in [0.2, 0.25) is 0 Å². The third kappa shape index (κ3) is 5.90. The molecule has 0 aromatic rings. The molecule has 1 rings (SSSR count). The molecule has 0 radical (unpaired) electrons. The lowest BCUT2D eigenvalue weighted by Crippen LogP contribution is -2.10. The fourth-order valence-corrected chi connectivity index (χ4v) is 1.75. The molecule has 3 heteroatoms. The van der Waals surface area contributed by atoms with Gasteiger partial charge in [0, 0.05) is 26.1 Å². The van der Waals surface area contributed by atoms with Crippen LogP contribution in [0.3, 0.4) is 0 Å². The predicted molar refractivity (Wildman–Crippen MR) is 58.9 cm³/mol. The molecule has 0 bridgehead atoms. The summed E-state index contributed by atoms with van der Waals surface area (Å²) in [6, 6.07) is 0. The highest BCUT2D eigenvalue weighted by Crippen LogP contribution is 2.17. The van der Waals surface area contributed by atoms with Gasteiger partial charge in [-0.15, -0.1) is 0 Å². The van der Waals surface area contributed by atoms with Crippen LogP contribution in [0.4, 0.5) is 0 Å². The van der Waals surface area contributed by atoms with Crippen molar-refractivity contribution >= 4 is 5.78 Å². The molecule has 0 N–H and O–H groups in total. The summed E-state index contributed by atoms with van der Waals surface area (Å²) in [6.07, 6.45) is 5.74. The Kier molecular flexibility index (Phi) is 6.60. The second kappa shape index (κ2) is 7.83. The van der Waals surface area contributed by atoms with E-state index in [0.717, 1.165) is 38.9 Å². The van der Waals surface area contributed by atoms with Crippen LogP contribution in [0.15, 0.2) is 0 Å². The molecular weight excluding hydrogens is 192 g/mol. The molecule has 1 aliphatic rings. The van der Waals surface area contributed by atoms with Crippen LogP contribution in [0, 0.1) is 0 Å². The molecule has 0 saturated carbocycles. The lowest BCUT2D eigenvalue weighted by Gasteiger charge is -2.08. The monoisotopic (exact) mass is 214 g/mol. The highest BCUT2D eigenvalue weighted by atomic mass is 16.5. The smallest absolute Gasteiger partial charge is 0.135 e. The zero-order valence-electron chi connectivity index (χ0n) is 9.67. The number of carbonyl (C=O) groups excluding carboxylic acids is 1. The van der Waals surface area contributed by atoms with Crippen molar-refractivity contribution in [3.8, 4) is 0 Å². The first-order chi connectivity index (χ1) is 7.33. The Morgan fingerprint density at radius 3 is 2.93 bits per heavy atom. The minimum absolute atomic E-state index is 0.307. The van der Waals surface area contributed by atoms with E-state index in [1.165, 1.54) is 0 Å². The summed E-state index contributed by atoms with van der Waals surface area (Å²) >= 11 is 0. The van der Waals surface area contributed by atoms with E-state index in [0.29, 0.717) is 31.3 Å². The van der Waals surface area contributed by atoms with Gasteiger partial charge in [0.15, 0.2) is 0 Å². The van der Waals surface area contributed by atoms with E-state index in [1.54, 1.807) is 0 Å². The Morgan fingerprint density at radius 1 is 1.40 bits per heavy atom. The average molecular weight is 214 g/mol. The summed E-state index contributed by atoms with van der Waals surface area (Å²) in [5, 5.41) is 0. The maximum absolute atomic E-state index is 11.4. The van der Waals surface area contributed by atoms with Gasteiger partial charge in [0.1, 0.15) is 5.78 Å². The minimum Gasteiger partial charge on any atom is -0.381 e. The van der Waals surface area contributed by atoms with Crippen LogP contribution in [0.25, 0.3) is 0 Å². The van der Waals surface area contributed by atoms with Gasteiger partial charge in [0.25, 0.3) is 0 Å². The molecule has 3 nitrogen and oxygen atoms in total. The summed E-state index contributed by atoms with van der Waals surface area (Å²) < 4.78 is 10.7. The van der Waals surface area contributed by atoms with Gasteiger partial charge in [0.2, 0.25) is 0 Å². The van der Waals surface area contributed by atoms with Crippen LogP contribution in [-0.2, 0) is 14.3 Å². The van der Waals surface area contributed by atoms with Crippen molar-refractivity contribution < 1.29 is 14.3 Å². The number of carbonyl (C=O) groups is 1. The third-order valence-corrected chi connectivity index (χ3v) is 2.64. The fourth-order valence-electron chi connectivity index (χ4n) is 1.75. The molecule has 0 aromatic carbocycles. The highest BCUT2D eigenvalue weighted by Gasteiger charge is 2.16. The molecule has 0 aromatic heterocycles. The van der Waals surface area contributed by atoms with Gasteiger partial charge in [-0.3, -0.25) is 4.79 Å². The van der Waals surface area contributed by atoms with Crippen molar-refractivity contribution in [1.29, 1.82) is 0 Å². The Morgan fingerprint density at radius 2 is 2.27 bits per heavy atom. The maximum Gasteiger partial charge on any atom is 0.135 e. The summed E-state index contributed by atoms with van der Waals surface area (Å²) in [7, 11) is 0. The van der Waals surface area contributed by atoms with Crippen molar-refractivity contribution in [3.63, 3.8) is 0 Å². The first-order valence-electron chi connectivity index (χ1n) is 6.04. The molecule has 1 fully saturated rings. The van der Waals surface area contributed by atoms with Gasteiger partial charge < -0.3 is 9.47 Å². The molecule has 0 spiro atoms. The third-order valence-electron chi connectivity index (χ3n) is 2.64. The molecule has 1 heterocycles. The first-order valence-corrected chi connectivity index (χ1v) is 6.04. The molecule has 1 saturated heterocycles. The van der Waals surface area contributed by atoms with Crippen molar-refractivity contribution in [3.05, 3.63) is 0 Å². The number of rotatable bonds is 8. The van der Waals surface area contributed by atoms with Crippen molar-refractivity contribution in [2.75, 3.05) is 19.8 Å². The van der Waals surface area contributed by atoms with E-state index in [1.807, 2.05) is 0 Å². The second-order valence-electron chi connectivity index (χ2n) is 4.07. The summed E-state index contributed by atoms with van der Waals surface area (Å²) in [5.41, 5.74) is 0. The SMILES string of the molecule is CCCOCCC(=O)CCC1CCCO1. The van der Waals surface area contributed by atoms with E-state index in [4.69, 9.17) is 9.47 Å².